The molecule has 1 N–H and O–H groups in total. The van der Waals surface area contributed by atoms with Gasteiger partial charge in [-0.1, -0.05) is 19.1 Å². The molecule has 4 nitrogen and oxygen atoms in total. The van der Waals surface area contributed by atoms with E-state index in [9.17, 15) is 0 Å². The maximum atomic E-state index is 5.43. The van der Waals surface area contributed by atoms with Crippen molar-refractivity contribution in [1.29, 1.82) is 0 Å². The van der Waals surface area contributed by atoms with Crippen LogP contribution in [-0.4, -0.2) is 53.5 Å². The highest BCUT2D eigenvalue weighted by molar-refractivity contribution is 7.71. The number of aryl methyl sites for hydroxylation is 1. The summed E-state index contributed by atoms with van der Waals surface area (Å²) in [4.78, 5) is 12.9. The molecule has 0 spiro atoms. The first-order valence-electron chi connectivity index (χ1n) is 7.01. The molecule has 0 radical (unpaired) electrons. The first kappa shape index (κ1) is 14.6. The van der Waals surface area contributed by atoms with Crippen LogP contribution in [0.1, 0.15) is 36.5 Å². The summed E-state index contributed by atoms with van der Waals surface area (Å²) < 4.78 is 0.758. The van der Waals surface area contributed by atoms with E-state index in [2.05, 4.69) is 47.7 Å². The Labute approximate surface area is 120 Å². The molecule has 1 aromatic rings. The fraction of sp³-hybridized carbons (Fsp3) is 0.714. The predicted octanol–water partition coefficient (Wildman–Crippen LogP) is 2.32. The molecule has 0 aromatic carbocycles. The molecule has 2 rings (SSSR count). The zero-order valence-corrected chi connectivity index (χ0v) is 13.2. The predicted molar refractivity (Wildman–Crippen MR) is 81.0 cm³/mol. The van der Waals surface area contributed by atoms with Crippen LogP contribution < -0.4 is 0 Å². The molecule has 0 bridgehead atoms. The van der Waals surface area contributed by atoms with Crippen molar-refractivity contribution in [3.63, 3.8) is 0 Å². The second-order valence-corrected chi connectivity index (χ2v) is 5.88. The number of hydrogen-bond donors (Lipinski definition) is 1. The zero-order chi connectivity index (χ0) is 14.0. The molecule has 1 aliphatic heterocycles. The largest absolute Gasteiger partial charge is 0.346 e. The summed E-state index contributed by atoms with van der Waals surface area (Å²) in [7, 11) is 4.35. The van der Waals surface area contributed by atoms with Crippen molar-refractivity contribution in [3.05, 3.63) is 21.7 Å². The molecular weight excluding hydrogens is 256 g/mol. The number of H-pyrrole nitrogens is 1. The molecule has 1 saturated heterocycles. The first-order valence-corrected chi connectivity index (χ1v) is 7.42. The summed E-state index contributed by atoms with van der Waals surface area (Å²) in [5, 5.41) is 0. The van der Waals surface area contributed by atoms with Gasteiger partial charge in [0.15, 0.2) is 0 Å². The Hall–Kier alpha value is -0.780. The fourth-order valence-electron chi connectivity index (χ4n) is 2.77. The van der Waals surface area contributed by atoms with E-state index in [0.717, 1.165) is 42.2 Å². The van der Waals surface area contributed by atoms with Crippen molar-refractivity contribution in [2.75, 3.05) is 33.7 Å². The normalized spacial score (nSPS) is 22.4. The van der Waals surface area contributed by atoms with Crippen molar-refractivity contribution in [1.82, 2.24) is 19.8 Å². The number of hydrogen-bond acceptors (Lipinski definition) is 4. The van der Waals surface area contributed by atoms with Gasteiger partial charge in [-0.3, -0.25) is 4.90 Å². The Bertz CT molecular complexity index is 497. The maximum absolute atomic E-state index is 5.43. The minimum atomic E-state index is 0.304. The highest BCUT2D eigenvalue weighted by atomic mass is 32.1. The zero-order valence-electron chi connectivity index (χ0n) is 12.4. The number of nitrogens with one attached hydrogen (secondary N) is 1. The molecule has 106 valence electrons. The molecule has 1 atom stereocenters. The fourth-order valence-corrected chi connectivity index (χ4v) is 3.17. The van der Waals surface area contributed by atoms with Gasteiger partial charge in [0.2, 0.25) is 0 Å². The molecule has 19 heavy (non-hydrogen) atoms. The molecule has 1 unspecified atom stereocenters. The van der Waals surface area contributed by atoms with Crippen LogP contribution in [0.4, 0.5) is 0 Å². The second kappa shape index (κ2) is 6.11. The van der Waals surface area contributed by atoms with E-state index in [1.54, 1.807) is 0 Å². The Kier molecular flexibility index (Phi) is 4.71. The summed E-state index contributed by atoms with van der Waals surface area (Å²) >= 11 is 5.43. The third kappa shape index (κ3) is 3.22. The van der Waals surface area contributed by atoms with Crippen LogP contribution in [0.5, 0.6) is 0 Å². The quantitative estimate of drug-likeness (QED) is 0.843. The van der Waals surface area contributed by atoms with E-state index in [1.807, 2.05) is 0 Å². The van der Waals surface area contributed by atoms with Crippen LogP contribution in [0.2, 0.25) is 0 Å². The van der Waals surface area contributed by atoms with Gasteiger partial charge in [-0.2, -0.15) is 0 Å². The van der Waals surface area contributed by atoms with Gasteiger partial charge < -0.3 is 9.88 Å². The molecular formula is C14H24N4S. The lowest BCUT2D eigenvalue weighted by atomic mass is 10.1. The molecule has 0 aliphatic carbocycles. The van der Waals surface area contributed by atoms with Crippen LogP contribution in [0.3, 0.4) is 0 Å². The lowest BCUT2D eigenvalue weighted by molar-refractivity contribution is 0.219. The van der Waals surface area contributed by atoms with Crippen LogP contribution in [-0.2, 0) is 6.42 Å². The maximum Gasteiger partial charge on any atom is 0.133 e. The van der Waals surface area contributed by atoms with Gasteiger partial charge in [0.25, 0.3) is 0 Å². The number of likely N-dealkylation sites (N-methyl/N-ethyl adjacent to an activating group) is 2. The standard InChI is InChI=1S/C14H24N4S/c1-5-11-10(2)15-13(16-14(11)19)12-9-17(3)7-6-8-18(12)4/h12H,5-9H2,1-4H3,(H,15,16,19). The van der Waals surface area contributed by atoms with E-state index in [-0.39, 0.29) is 0 Å². The number of nitrogens with zero attached hydrogens (tertiary/aromatic N) is 3. The molecule has 0 saturated carbocycles. The Morgan fingerprint density at radius 3 is 2.74 bits per heavy atom. The summed E-state index contributed by atoms with van der Waals surface area (Å²) in [6.07, 6.45) is 2.14. The smallest absolute Gasteiger partial charge is 0.133 e. The van der Waals surface area contributed by atoms with Crippen LogP contribution >= 0.6 is 12.2 Å². The Morgan fingerprint density at radius 1 is 1.37 bits per heavy atom. The lowest BCUT2D eigenvalue weighted by Gasteiger charge is -2.27. The first-order chi connectivity index (χ1) is 9.02. The lowest BCUT2D eigenvalue weighted by Crippen LogP contribution is -2.32. The van der Waals surface area contributed by atoms with Crippen molar-refractivity contribution in [2.24, 2.45) is 0 Å². The Morgan fingerprint density at radius 2 is 2.11 bits per heavy atom. The topological polar surface area (TPSA) is 35.2 Å². The SMILES string of the molecule is CCc1c(C)[nH]c(C2CN(C)CCCN2C)nc1=S. The molecule has 2 heterocycles. The van der Waals surface area contributed by atoms with E-state index < -0.39 is 0 Å². The molecule has 1 fully saturated rings. The second-order valence-electron chi connectivity index (χ2n) is 5.50. The van der Waals surface area contributed by atoms with Crippen molar-refractivity contribution >= 4 is 12.2 Å². The number of rotatable bonds is 2. The third-order valence-corrected chi connectivity index (χ3v) is 4.32. The van der Waals surface area contributed by atoms with Crippen LogP contribution in [0.25, 0.3) is 0 Å². The van der Waals surface area contributed by atoms with Crippen molar-refractivity contribution < 1.29 is 0 Å². The minimum absolute atomic E-state index is 0.304. The van der Waals surface area contributed by atoms with Crippen LogP contribution in [0, 0.1) is 11.6 Å². The molecule has 1 aromatic heterocycles. The third-order valence-electron chi connectivity index (χ3n) is 3.98. The van der Waals surface area contributed by atoms with Gasteiger partial charge in [0.1, 0.15) is 10.5 Å². The van der Waals surface area contributed by atoms with Gasteiger partial charge in [0, 0.05) is 17.8 Å². The summed E-state index contributed by atoms with van der Waals surface area (Å²) in [5.41, 5.74) is 2.33. The highest BCUT2D eigenvalue weighted by Crippen LogP contribution is 2.21. The van der Waals surface area contributed by atoms with Crippen molar-refractivity contribution in [2.45, 2.75) is 32.7 Å². The highest BCUT2D eigenvalue weighted by Gasteiger charge is 2.24. The van der Waals surface area contributed by atoms with Gasteiger partial charge in [-0.25, -0.2) is 4.98 Å². The average molecular weight is 280 g/mol. The van der Waals surface area contributed by atoms with Gasteiger partial charge in [-0.15, -0.1) is 0 Å². The molecule has 0 amide bonds. The average Bonchev–Trinajstić information content (AvgIpc) is 2.51. The monoisotopic (exact) mass is 280 g/mol. The van der Waals surface area contributed by atoms with E-state index in [0.29, 0.717) is 6.04 Å². The minimum Gasteiger partial charge on any atom is -0.346 e. The van der Waals surface area contributed by atoms with Gasteiger partial charge in [0.05, 0.1) is 6.04 Å². The van der Waals surface area contributed by atoms with E-state index in [4.69, 9.17) is 12.2 Å². The van der Waals surface area contributed by atoms with E-state index in [1.165, 1.54) is 12.0 Å². The van der Waals surface area contributed by atoms with Gasteiger partial charge in [-0.05, 0) is 47.0 Å². The number of aromatic nitrogens is 2. The van der Waals surface area contributed by atoms with E-state index >= 15 is 0 Å². The Balaban J connectivity index is 2.37. The van der Waals surface area contributed by atoms with Crippen molar-refractivity contribution in [3.8, 4) is 0 Å². The summed E-state index contributed by atoms with van der Waals surface area (Å²) in [6, 6.07) is 0.304. The summed E-state index contributed by atoms with van der Waals surface area (Å²) in [6.45, 7) is 7.47. The summed E-state index contributed by atoms with van der Waals surface area (Å²) in [5.74, 6) is 1.01. The molecule has 5 heteroatoms. The van der Waals surface area contributed by atoms with Crippen LogP contribution in [0.15, 0.2) is 0 Å². The van der Waals surface area contributed by atoms with Gasteiger partial charge >= 0.3 is 0 Å². The molecule has 1 aliphatic rings. The number of aromatic amines is 1.